The lowest BCUT2D eigenvalue weighted by Crippen LogP contribution is -2.27. The standard InChI is InChI=1S/C21H31N5O.2ClH/c1-13-18-16(20(27)23-10-8-14-7-9-22-12-14)11-17(15-5-6-15)24-19(18)26(25-13)21(2,3)4;;/h11,14-15,22H,5-10,12H2,1-4H3,(H,23,27);2*1H. The topological polar surface area (TPSA) is 71.8 Å². The molecule has 0 spiro atoms. The summed E-state index contributed by atoms with van der Waals surface area (Å²) in [6.45, 7) is 11.2. The van der Waals surface area contributed by atoms with Crippen LogP contribution in [-0.4, -0.2) is 40.3 Å². The third-order valence-corrected chi connectivity index (χ3v) is 5.71. The lowest BCUT2D eigenvalue weighted by molar-refractivity contribution is 0.0953. The monoisotopic (exact) mass is 441 g/mol. The Morgan fingerprint density at radius 3 is 2.59 bits per heavy atom. The fourth-order valence-electron chi connectivity index (χ4n) is 3.99. The highest BCUT2D eigenvalue weighted by Gasteiger charge is 2.30. The van der Waals surface area contributed by atoms with Crippen molar-refractivity contribution in [3.8, 4) is 0 Å². The SMILES string of the molecule is Cc1nn(C(C)(C)C)c2nc(C3CC3)cc(C(=O)NCCC3CCNC3)c12.Cl.Cl. The fraction of sp³-hybridized carbons (Fsp3) is 0.667. The number of halogens is 2. The molecule has 1 saturated heterocycles. The molecule has 4 rings (SSSR count). The van der Waals surface area contributed by atoms with Crippen molar-refractivity contribution in [3.63, 3.8) is 0 Å². The molecule has 1 aliphatic heterocycles. The van der Waals surface area contributed by atoms with Crippen LogP contribution in [0.1, 0.15) is 74.1 Å². The number of aryl methyl sites for hydroxylation is 1. The minimum atomic E-state index is -0.176. The molecule has 6 nitrogen and oxygen atoms in total. The van der Waals surface area contributed by atoms with Crippen LogP contribution in [0.5, 0.6) is 0 Å². The summed E-state index contributed by atoms with van der Waals surface area (Å²) in [4.78, 5) is 18.0. The number of carbonyl (C=O) groups excluding carboxylic acids is 1. The van der Waals surface area contributed by atoms with Gasteiger partial charge in [-0.15, -0.1) is 24.8 Å². The van der Waals surface area contributed by atoms with Gasteiger partial charge in [0, 0.05) is 18.2 Å². The first-order chi connectivity index (χ1) is 12.8. The van der Waals surface area contributed by atoms with Gasteiger partial charge in [0.15, 0.2) is 5.65 Å². The summed E-state index contributed by atoms with van der Waals surface area (Å²) in [6.07, 6.45) is 4.56. The molecule has 0 aromatic carbocycles. The smallest absolute Gasteiger partial charge is 0.252 e. The van der Waals surface area contributed by atoms with E-state index in [0.717, 1.165) is 66.9 Å². The third kappa shape index (κ3) is 5.04. The number of amides is 1. The van der Waals surface area contributed by atoms with Gasteiger partial charge in [0.1, 0.15) is 0 Å². The minimum absolute atomic E-state index is 0. The number of nitrogens with zero attached hydrogens (tertiary/aromatic N) is 3. The second kappa shape index (κ2) is 9.19. The molecule has 0 bridgehead atoms. The highest BCUT2D eigenvalue weighted by atomic mass is 35.5. The molecule has 1 saturated carbocycles. The van der Waals surface area contributed by atoms with Gasteiger partial charge < -0.3 is 10.6 Å². The molecule has 1 unspecified atom stereocenters. The van der Waals surface area contributed by atoms with E-state index in [1.165, 1.54) is 6.42 Å². The number of hydrogen-bond acceptors (Lipinski definition) is 4. The van der Waals surface area contributed by atoms with Crippen LogP contribution in [0.3, 0.4) is 0 Å². The van der Waals surface area contributed by atoms with Crippen molar-refractivity contribution < 1.29 is 4.79 Å². The first-order valence-electron chi connectivity index (χ1n) is 10.2. The van der Waals surface area contributed by atoms with E-state index in [0.29, 0.717) is 11.8 Å². The molecular weight excluding hydrogens is 409 g/mol. The van der Waals surface area contributed by atoms with Gasteiger partial charge in [0.2, 0.25) is 0 Å². The summed E-state index contributed by atoms with van der Waals surface area (Å²) >= 11 is 0. The zero-order valence-corrected chi connectivity index (χ0v) is 19.4. The molecule has 1 aliphatic carbocycles. The molecule has 1 atom stereocenters. The van der Waals surface area contributed by atoms with Crippen LogP contribution in [0.4, 0.5) is 0 Å². The molecule has 29 heavy (non-hydrogen) atoms. The molecule has 2 aliphatic rings. The van der Waals surface area contributed by atoms with Crippen LogP contribution >= 0.6 is 24.8 Å². The van der Waals surface area contributed by atoms with E-state index in [4.69, 9.17) is 10.1 Å². The van der Waals surface area contributed by atoms with Crippen LogP contribution in [0.2, 0.25) is 0 Å². The molecule has 8 heteroatoms. The molecule has 3 heterocycles. The lowest BCUT2D eigenvalue weighted by Gasteiger charge is -2.20. The number of pyridine rings is 1. The second-order valence-corrected chi connectivity index (χ2v) is 9.14. The van der Waals surface area contributed by atoms with Crippen LogP contribution < -0.4 is 10.6 Å². The Hall–Kier alpha value is -1.37. The van der Waals surface area contributed by atoms with E-state index in [1.54, 1.807) is 0 Å². The molecule has 1 amide bonds. The Morgan fingerprint density at radius 2 is 2.00 bits per heavy atom. The molecular formula is C21H33Cl2N5O. The second-order valence-electron chi connectivity index (χ2n) is 9.14. The minimum Gasteiger partial charge on any atom is -0.352 e. The van der Waals surface area contributed by atoms with Crippen molar-refractivity contribution in [1.29, 1.82) is 0 Å². The van der Waals surface area contributed by atoms with Gasteiger partial charge in [-0.25, -0.2) is 9.67 Å². The fourth-order valence-corrected chi connectivity index (χ4v) is 3.99. The first kappa shape index (κ1) is 23.9. The van der Waals surface area contributed by atoms with Crippen LogP contribution in [0.25, 0.3) is 11.0 Å². The van der Waals surface area contributed by atoms with Crippen molar-refractivity contribution in [2.24, 2.45) is 5.92 Å². The van der Waals surface area contributed by atoms with Gasteiger partial charge in [-0.3, -0.25) is 4.79 Å². The van der Waals surface area contributed by atoms with Crippen LogP contribution in [0.15, 0.2) is 6.07 Å². The summed E-state index contributed by atoms with van der Waals surface area (Å²) in [5, 5.41) is 12.2. The van der Waals surface area contributed by atoms with Crippen molar-refractivity contribution in [2.75, 3.05) is 19.6 Å². The molecule has 2 fully saturated rings. The van der Waals surface area contributed by atoms with Gasteiger partial charge in [0.05, 0.1) is 22.2 Å². The van der Waals surface area contributed by atoms with E-state index < -0.39 is 0 Å². The summed E-state index contributed by atoms with van der Waals surface area (Å²) < 4.78 is 1.98. The average molecular weight is 442 g/mol. The number of aromatic nitrogens is 3. The summed E-state index contributed by atoms with van der Waals surface area (Å²) in [6, 6.07) is 2.01. The van der Waals surface area contributed by atoms with Crippen molar-refractivity contribution in [3.05, 3.63) is 23.0 Å². The number of hydrogen-bond donors (Lipinski definition) is 2. The van der Waals surface area contributed by atoms with Gasteiger partial charge in [-0.05, 0) is 78.5 Å². The van der Waals surface area contributed by atoms with Crippen LogP contribution in [-0.2, 0) is 5.54 Å². The van der Waals surface area contributed by atoms with Crippen molar-refractivity contribution in [2.45, 2.75) is 64.8 Å². The third-order valence-electron chi connectivity index (χ3n) is 5.71. The maximum Gasteiger partial charge on any atom is 0.252 e. The molecule has 0 radical (unpaired) electrons. The van der Waals surface area contributed by atoms with E-state index in [2.05, 4.69) is 31.4 Å². The molecule has 162 valence electrons. The molecule has 2 aromatic rings. The number of fused-ring (bicyclic) bond motifs is 1. The van der Waals surface area contributed by atoms with Gasteiger partial charge in [-0.1, -0.05) is 0 Å². The predicted molar refractivity (Wildman–Crippen MR) is 122 cm³/mol. The summed E-state index contributed by atoms with van der Waals surface area (Å²) in [5.74, 6) is 1.18. The highest BCUT2D eigenvalue weighted by Crippen LogP contribution is 2.41. The lowest BCUT2D eigenvalue weighted by atomic mass is 10.0. The highest BCUT2D eigenvalue weighted by molar-refractivity contribution is 6.06. The molecule has 2 aromatic heterocycles. The average Bonchev–Trinajstić information content (AvgIpc) is 3.23. The summed E-state index contributed by atoms with van der Waals surface area (Å²) in [7, 11) is 0. The number of carbonyl (C=O) groups is 1. The van der Waals surface area contributed by atoms with Crippen LogP contribution in [0, 0.1) is 12.8 Å². The van der Waals surface area contributed by atoms with E-state index in [-0.39, 0.29) is 36.3 Å². The van der Waals surface area contributed by atoms with Gasteiger partial charge in [0.25, 0.3) is 5.91 Å². The molecule has 2 N–H and O–H groups in total. The first-order valence-corrected chi connectivity index (χ1v) is 10.2. The maximum absolute atomic E-state index is 13.0. The Labute approximate surface area is 185 Å². The number of nitrogens with one attached hydrogen (secondary N) is 2. The van der Waals surface area contributed by atoms with E-state index in [1.807, 2.05) is 17.7 Å². The Balaban J connectivity index is 0.00000150. The summed E-state index contributed by atoms with van der Waals surface area (Å²) in [5.41, 5.74) is 3.32. The zero-order valence-electron chi connectivity index (χ0n) is 17.7. The predicted octanol–water partition coefficient (Wildman–Crippen LogP) is 3.95. The van der Waals surface area contributed by atoms with Crippen molar-refractivity contribution >= 4 is 41.8 Å². The Bertz CT molecular complexity index is 864. The Kier molecular flexibility index (Phi) is 7.57. The Morgan fingerprint density at radius 1 is 1.28 bits per heavy atom. The largest absolute Gasteiger partial charge is 0.352 e. The van der Waals surface area contributed by atoms with E-state index >= 15 is 0 Å². The van der Waals surface area contributed by atoms with E-state index in [9.17, 15) is 4.79 Å². The van der Waals surface area contributed by atoms with Crippen molar-refractivity contribution in [1.82, 2.24) is 25.4 Å². The normalized spacial score (nSPS) is 19.0. The van der Waals surface area contributed by atoms with Gasteiger partial charge >= 0.3 is 0 Å². The maximum atomic E-state index is 13.0. The number of rotatable bonds is 5. The van der Waals surface area contributed by atoms with Gasteiger partial charge in [-0.2, -0.15) is 5.10 Å². The zero-order chi connectivity index (χ0) is 19.2. The quantitative estimate of drug-likeness (QED) is 0.736.